The maximum atomic E-state index is 13.1. The molecule has 0 bridgehead atoms. The number of nitrogens with one attached hydrogen (secondary N) is 1. The van der Waals surface area contributed by atoms with Crippen LogP contribution >= 0.6 is 0 Å². The number of ether oxygens (including phenoxy) is 1. The number of methoxy groups -OCH3 is 1. The Morgan fingerprint density at radius 1 is 1.21 bits per heavy atom. The highest BCUT2D eigenvalue weighted by Gasteiger charge is 2.34. The maximum Gasteiger partial charge on any atom is 0.420 e. The summed E-state index contributed by atoms with van der Waals surface area (Å²) in [7, 11) is 3.83. The number of benzene rings is 1. The molecule has 2 heterocycles. The van der Waals surface area contributed by atoms with E-state index in [0.717, 1.165) is 28.4 Å². The van der Waals surface area contributed by atoms with E-state index < -0.39 is 35.4 Å². The fourth-order valence-electron chi connectivity index (χ4n) is 2.88. The van der Waals surface area contributed by atoms with Crippen LogP contribution in [0.3, 0.4) is 0 Å². The SMILES string of the molecule is COc1ccc(NC(=O)Cn2cnc3c2c(=O)n(C)c(=O)n3C)cc1C(F)(F)F. The lowest BCUT2D eigenvalue weighted by molar-refractivity contribution is -0.138. The summed E-state index contributed by atoms with van der Waals surface area (Å²) in [5, 5.41) is 2.35. The van der Waals surface area contributed by atoms with E-state index in [2.05, 4.69) is 10.3 Å². The number of halogens is 3. The lowest BCUT2D eigenvalue weighted by Crippen LogP contribution is -2.37. The topological polar surface area (TPSA) is 100 Å². The summed E-state index contributed by atoms with van der Waals surface area (Å²) >= 11 is 0. The molecule has 0 unspecified atom stereocenters. The number of hydrogen-bond acceptors (Lipinski definition) is 5. The van der Waals surface area contributed by atoms with Gasteiger partial charge in [-0.1, -0.05) is 0 Å². The van der Waals surface area contributed by atoms with Crippen molar-refractivity contribution < 1.29 is 22.7 Å². The van der Waals surface area contributed by atoms with E-state index in [9.17, 15) is 27.6 Å². The lowest BCUT2D eigenvalue weighted by atomic mass is 10.1. The highest BCUT2D eigenvalue weighted by molar-refractivity contribution is 5.91. The average molecular weight is 411 g/mol. The first-order chi connectivity index (χ1) is 13.5. The van der Waals surface area contributed by atoms with Crippen LogP contribution in [0.2, 0.25) is 0 Å². The fraction of sp³-hybridized carbons (Fsp3) is 0.294. The van der Waals surface area contributed by atoms with Crippen molar-refractivity contribution in [1.82, 2.24) is 18.7 Å². The van der Waals surface area contributed by atoms with Gasteiger partial charge in [-0.3, -0.25) is 18.7 Å². The minimum Gasteiger partial charge on any atom is -0.496 e. The van der Waals surface area contributed by atoms with Crippen LogP contribution in [0.25, 0.3) is 11.2 Å². The Labute approximate surface area is 161 Å². The van der Waals surface area contributed by atoms with E-state index in [1.165, 1.54) is 31.1 Å². The van der Waals surface area contributed by atoms with Crippen molar-refractivity contribution in [3.05, 3.63) is 50.9 Å². The standard InChI is InChI=1S/C17H16F3N5O4/c1-23-14-13(15(27)24(2)16(23)28)25(8-21-14)7-12(26)22-9-4-5-11(29-3)10(6-9)17(18,19)20/h4-6,8H,7H2,1-3H3,(H,22,26). The first kappa shape index (κ1) is 20.2. The van der Waals surface area contributed by atoms with Gasteiger partial charge in [-0.05, 0) is 18.2 Å². The first-order valence-electron chi connectivity index (χ1n) is 8.20. The molecule has 0 saturated carbocycles. The van der Waals surface area contributed by atoms with Crippen LogP contribution in [0.15, 0.2) is 34.1 Å². The Hall–Kier alpha value is -3.57. The molecule has 3 aromatic rings. The van der Waals surface area contributed by atoms with Gasteiger partial charge in [0.15, 0.2) is 11.2 Å². The number of aryl methyl sites for hydroxylation is 1. The molecule has 12 heteroatoms. The third kappa shape index (κ3) is 3.60. The summed E-state index contributed by atoms with van der Waals surface area (Å²) in [5.41, 5.74) is -2.22. The molecule has 0 atom stereocenters. The van der Waals surface area contributed by atoms with Crippen molar-refractivity contribution in [2.24, 2.45) is 14.1 Å². The molecular weight excluding hydrogens is 395 g/mol. The predicted molar refractivity (Wildman–Crippen MR) is 96.8 cm³/mol. The molecule has 0 aliphatic rings. The zero-order valence-electron chi connectivity index (χ0n) is 15.6. The number of nitrogens with zero attached hydrogens (tertiary/aromatic N) is 4. The van der Waals surface area contributed by atoms with Crippen LogP contribution < -0.4 is 21.3 Å². The van der Waals surface area contributed by atoms with E-state index in [1.54, 1.807) is 0 Å². The number of anilines is 1. The van der Waals surface area contributed by atoms with Crippen LogP contribution in [-0.2, 0) is 31.6 Å². The molecule has 154 valence electrons. The lowest BCUT2D eigenvalue weighted by Gasteiger charge is -2.14. The van der Waals surface area contributed by atoms with E-state index in [1.807, 2.05) is 0 Å². The third-order valence-corrected chi connectivity index (χ3v) is 4.32. The van der Waals surface area contributed by atoms with E-state index >= 15 is 0 Å². The van der Waals surface area contributed by atoms with Crippen molar-refractivity contribution in [2.75, 3.05) is 12.4 Å². The fourth-order valence-corrected chi connectivity index (χ4v) is 2.88. The van der Waals surface area contributed by atoms with Gasteiger partial charge in [0.05, 0.1) is 19.0 Å². The van der Waals surface area contributed by atoms with Crippen LogP contribution in [0.1, 0.15) is 5.56 Å². The number of amides is 1. The largest absolute Gasteiger partial charge is 0.496 e. The van der Waals surface area contributed by atoms with Crippen LogP contribution in [0.5, 0.6) is 5.75 Å². The Kier molecular flexibility index (Phi) is 4.95. The smallest absolute Gasteiger partial charge is 0.420 e. The number of hydrogen-bond donors (Lipinski definition) is 1. The molecule has 0 fully saturated rings. The van der Waals surface area contributed by atoms with Gasteiger partial charge in [-0.2, -0.15) is 13.2 Å². The molecule has 3 rings (SSSR count). The van der Waals surface area contributed by atoms with Gasteiger partial charge in [0, 0.05) is 19.8 Å². The molecule has 1 aromatic carbocycles. The second kappa shape index (κ2) is 7.11. The number of rotatable bonds is 4. The molecule has 0 saturated heterocycles. The van der Waals surface area contributed by atoms with Crippen molar-refractivity contribution in [2.45, 2.75) is 12.7 Å². The van der Waals surface area contributed by atoms with Gasteiger partial charge >= 0.3 is 11.9 Å². The Morgan fingerprint density at radius 3 is 2.52 bits per heavy atom. The van der Waals surface area contributed by atoms with Crippen LogP contribution in [0.4, 0.5) is 18.9 Å². The summed E-state index contributed by atoms with van der Waals surface area (Å²) in [6.45, 7) is -0.392. The summed E-state index contributed by atoms with van der Waals surface area (Å²) in [6.07, 6.45) is -3.45. The van der Waals surface area contributed by atoms with Crippen molar-refractivity contribution in [3.8, 4) is 5.75 Å². The maximum absolute atomic E-state index is 13.1. The quantitative estimate of drug-likeness (QED) is 0.693. The molecule has 29 heavy (non-hydrogen) atoms. The molecule has 1 amide bonds. The van der Waals surface area contributed by atoms with Gasteiger partial charge in [0.2, 0.25) is 5.91 Å². The zero-order valence-corrected chi connectivity index (χ0v) is 15.6. The van der Waals surface area contributed by atoms with Gasteiger partial charge in [0.25, 0.3) is 5.56 Å². The molecule has 0 aliphatic carbocycles. The predicted octanol–water partition coefficient (Wildman–Crippen LogP) is 1.10. The number of carbonyl (C=O) groups is 1. The highest BCUT2D eigenvalue weighted by Crippen LogP contribution is 2.37. The normalized spacial score (nSPS) is 11.7. The van der Waals surface area contributed by atoms with Crippen molar-refractivity contribution >= 4 is 22.8 Å². The highest BCUT2D eigenvalue weighted by atomic mass is 19.4. The van der Waals surface area contributed by atoms with Gasteiger partial charge in [-0.25, -0.2) is 9.78 Å². The molecular formula is C17H16F3N5O4. The molecule has 1 N–H and O–H groups in total. The first-order valence-corrected chi connectivity index (χ1v) is 8.20. The van der Waals surface area contributed by atoms with Crippen molar-refractivity contribution in [1.29, 1.82) is 0 Å². The molecule has 9 nitrogen and oxygen atoms in total. The summed E-state index contributed by atoms with van der Waals surface area (Å²) in [5.74, 6) is -1.06. The number of fused-ring (bicyclic) bond motifs is 1. The summed E-state index contributed by atoms with van der Waals surface area (Å²) in [6, 6.07) is 3.11. The minimum absolute atomic E-state index is 0.0236. The minimum atomic E-state index is -4.66. The van der Waals surface area contributed by atoms with Crippen LogP contribution in [-0.4, -0.2) is 31.7 Å². The monoisotopic (exact) mass is 411 g/mol. The van der Waals surface area contributed by atoms with E-state index in [-0.39, 0.29) is 22.6 Å². The molecule has 0 aliphatic heterocycles. The van der Waals surface area contributed by atoms with E-state index in [0.29, 0.717) is 0 Å². The number of alkyl halides is 3. The van der Waals surface area contributed by atoms with Crippen LogP contribution in [0, 0.1) is 0 Å². The van der Waals surface area contributed by atoms with Gasteiger partial charge in [0.1, 0.15) is 12.3 Å². The van der Waals surface area contributed by atoms with E-state index in [4.69, 9.17) is 4.74 Å². The van der Waals surface area contributed by atoms with Gasteiger partial charge in [-0.15, -0.1) is 0 Å². The summed E-state index contributed by atoms with van der Waals surface area (Å²) < 4.78 is 47.3. The van der Waals surface area contributed by atoms with Crippen molar-refractivity contribution in [3.63, 3.8) is 0 Å². The molecule has 0 radical (unpaired) electrons. The molecule has 2 aromatic heterocycles. The second-order valence-corrected chi connectivity index (χ2v) is 6.21. The Balaban J connectivity index is 1.91. The zero-order chi connectivity index (χ0) is 21.5. The number of aromatic nitrogens is 4. The number of imidazole rings is 1. The third-order valence-electron chi connectivity index (χ3n) is 4.32. The van der Waals surface area contributed by atoms with Gasteiger partial charge < -0.3 is 14.6 Å². The Morgan fingerprint density at radius 2 is 1.90 bits per heavy atom. The second-order valence-electron chi connectivity index (χ2n) is 6.21. The average Bonchev–Trinajstić information content (AvgIpc) is 3.07. The molecule has 0 spiro atoms. The number of carbonyl (C=O) groups excluding carboxylic acids is 1. The summed E-state index contributed by atoms with van der Waals surface area (Å²) in [4.78, 5) is 40.6. The Bertz CT molecular complexity index is 1220.